The van der Waals surface area contributed by atoms with Crippen molar-refractivity contribution in [3.8, 4) is 0 Å². The van der Waals surface area contributed by atoms with Gasteiger partial charge >= 0.3 is 5.97 Å². The summed E-state index contributed by atoms with van der Waals surface area (Å²) in [4.78, 5) is 10.7. The van der Waals surface area contributed by atoms with Crippen molar-refractivity contribution >= 4 is 16.0 Å². The summed E-state index contributed by atoms with van der Waals surface area (Å²) >= 11 is 0. The van der Waals surface area contributed by atoms with Crippen LogP contribution in [-0.2, 0) is 10.0 Å². The molecule has 112 valence electrons. The van der Waals surface area contributed by atoms with Crippen LogP contribution in [0.15, 0.2) is 45.9 Å². The van der Waals surface area contributed by atoms with Gasteiger partial charge in [-0.3, -0.25) is 0 Å². The first-order valence-electron chi connectivity index (χ1n) is 6.21. The number of carboxylic acid groups (broad SMARTS) is 1. The molecule has 2 N–H and O–H groups in total. The van der Waals surface area contributed by atoms with Crippen LogP contribution >= 0.6 is 0 Å². The van der Waals surface area contributed by atoms with E-state index >= 15 is 0 Å². The monoisotopic (exact) mass is 309 g/mol. The van der Waals surface area contributed by atoms with Gasteiger partial charge in [0.1, 0.15) is 0 Å². The highest BCUT2D eigenvalue weighted by molar-refractivity contribution is 7.89. The second-order valence-corrected chi connectivity index (χ2v) is 6.32. The molecule has 0 bridgehead atoms. The predicted octanol–water partition coefficient (Wildman–Crippen LogP) is 2.33. The topological polar surface area (TPSA) is 96.6 Å². The average Bonchev–Trinajstić information content (AvgIpc) is 2.89. The number of hydrogen-bond donors (Lipinski definition) is 2. The van der Waals surface area contributed by atoms with E-state index in [4.69, 9.17) is 9.52 Å². The predicted molar refractivity (Wildman–Crippen MR) is 75.6 cm³/mol. The molecule has 0 aliphatic carbocycles. The summed E-state index contributed by atoms with van der Waals surface area (Å²) in [5.74, 6) is -1.73. The number of carboxylic acids is 1. The smallest absolute Gasteiger partial charge is 0.371 e. The zero-order chi connectivity index (χ0) is 15.6. The number of sulfonamides is 1. The Morgan fingerprint density at radius 3 is 2.33 bits per heavy atom. The number of benzene rings is 1. The van der Waals surface area contributed by atoms with E-state index in [9.17, 15) is 13.2 Å². The van der Waals surface area contributed by atoms with Crippen molar-refractivity contribution in [1.82, 2.24) is 4.72 Å². The van der Waals surface area contributed by atoms with Gasteiger partial charge in [-0.25, -0.2) is 17.9 Å². The van der Waals surface area contributed by atoms with Gasteiger partial charge in [0, 0.05) is 6.04 Å². The number of rotatable bonds is 5. The van der Waals surface area contributed by atoms with E-state index < -0.39 is 32.9 Å². The molecule has 1 heterocycles. The van der Waals surface area contributed by atoms with Crippen LogP contribution in [0.25, 0.3) is 0 Å². The summed E-state index contributed by atoms with van der Waals surface area (Å²) in [6.45, 7) is 3.64. The second-order valence-electron chi connectivity index (χ2n) is 4.68. The lowest BCUT2D eigenvalue weighted by molar-refractivity contribution is 0.0656. The average molecular weight is 309 g/mol. The zero-order valence-corrected chi connectivity index (χ0v) is 12.3. The lowest BCUT2D eigenvalue weighted by atomic mass is 10.1. The summed E-state index contributed by atoms with van der Waals surface area (Å²) in [7, 11) is -3.91. The summed E-state index contributed by atoms with van der Waals surface area (Å²) in [6, 6.07) is 9.18. The van der Waals surface area contributed by atoms with Crippen LogP contribution in [0.1, 0.15) is 34.6 Å². The maximum atomic E-state index is 12.1. The van der Waals surface area contributed by atoms with Gasteiger partial charge in [-0.15, -0.1) is 0 Å². The van der Waals surface area contributed by atoms with E-state index in [1.165, 1.54) is 0 Å². The molecule has 0 saturated heterocycles. The van der Waals surface area contributed by atoms with Crippen LogP contribution in [0.3, 0.4) is 0 Å². The number of carbonyl (C=O) groups is 1. The molecule has 0 amide bonds. The Balaban J connectivity index is 2.20. The van der Waals surface area contributed by atoms with Crippen LogP contribution in [0.5, 0.6) is 0 Å². The third-order valence-electron chi connectivity index (χ3n) is 2.97. The largest absolute Gasteiger partial charge is 0.475 e. The summed E-state index contributed by atoms with van der Waals surface area (Å²) < 4.78 is 31.5. The third kappa shape index (κ3) is 3.50. The first-order valence-corrected chi connectivity index (χ1v) is 7.70. The highest BCUT2D eigenvalue weighted by Gasteiger charge is 2.23. The molecule has 0 unspecified atom stereocenters. The molecular weight excluding hydrogens is 294 g/mol. The molecule has 0 fully saturated rings. The molecule has 0 saturated carbocycles. The lowest BCUT2D eigenvalue weighted by Gasteiger charge is -2.13. The van der Waals surface area contributed by atoms with Crippen LogP contribution in [0.4, 0.5) is 0 Å². The van der Waals surface area contributed by atoms with E-state index in [1.54, 1.807) is 6.92 Å². The molecule has 21 heavy (non-hydrogen) atoms. The van der Waals surface area contributed by atoms with E-state index in [2.05, 4.69) is 4.72 Å². The molecule has 6 nitrogen and oxygen atoms in total. The highest BCUT2D eigenvalue weighted by Crippen LogP contribution is 2.19. The third-order valence-corrected chi connectivity index (χ3v) is 4.38. The Morgan fingerprint density at radius 2 is 1.81 bits per heavy atom. The summed E-state index contributed by atoms with van der Waals surface area (Å²) in [6.07, 6.45) is 0. The van der Waals surface area contributed by atoms with Gasteiger partial charge in [0.05, 0.1) is 0 Å². The maximum absolute atomic E-state index is 12.1. The van der Waals surface area contributed by atoms with Gasteiger partial charge in [0.25, 0.3) is 10.0 Å². The summed E-state index contributed by atoms with van der Waals surface area (Å²) in [5.41, 5.74) is 1.88. The van der Waals surface area contributed by atoms with Crippen molar-refractivity contribution in [2.75, 3.05) is 0 Å². The molecule has 1 atom stereocenters. The molecule has 2 aromatic rings. The molecule has 2 rings (SSSR count). The van der Waals surface area contributed by atoms with E-state index in [0.717, 1.165) is 23.3 Å². The van der Waals surface area contributed by atoms with E-state index in [0.29, 0.717) is 0 Å². The molecule has 0 spiro atoms. The molecular formula is C14H15NO5S. The molecule has 7 heteroatoms. The van der Waals surface area contributed by atoms with Gasteiger partial charge in [-0.05, 0) is 31.5 Å². The van der Waals surface area contributed by atoms with Crippen molar-refractivity contribution in [3.63, 3.8) is 0 Å². The van der Waals surface area contributed by atoms with Crippen molar-refractivity contribution in [2.45, 2.75) is 25.0 Å². The van der Waals surface area contributed by atoms with Gasteiger partial charge in [-0.2, -0.15) is 0 Å². The lowest BCUT2D eigenvalue weighted by Crippen LogP contribution is -2.26. The standard InChI is InChI=1S/C14H15NO5S/c1-9-3-5-11(6-4-9)10(2)15-21(18,19)13-8-7-12(20-13)14(16)17/h3-8,10,15H,1-2H3,(H,16,17)/t10-/m0/s1. The van der Waals surface area contributed by atoms with Crippen LogP contribution in [-0.4, -0.2) is 19.5 Å². The minimum atomic E-state index is -3.91. The minimum absolute atomic E-state index is 0.418. The fourth-order valence-electron chi connectivity index (χ4n) is 1.79. The Bertz CT molecular complexity index is 746. The fourth-order valence-corrected chi connectivity index (χ4v) is 2.96. The zero-order valence-electron chi connectivity index (χ0n) is 11.5. The molecule has 0 aliphatic heterocycles. The number of aryl methyl sites for hydroxylation is 1. The normalized spacial score (nSPS) is 13.0. The fraction of sp³-hybridized carbons (Fsp3) is 0.214. The number of aromatic carboxylic acids is 1. The quantitative estimate of drug-likeness (QED) is 0.883. The Kier molecular flexibility index (Phi) is 4.15. The Morgan fingerprint density at radius 1 is 1.19 bits per heavy atom. The molecule has 0 aliphatic rings. The van der Waals surface area contributed by atoms with Crippen molar-refractivity contribution in [1.29, 1.82) is 0 Å². The number of furan rings is 1. The Hall–Kier alpha value is -2.12. The SMILES string of the molecule is Cc1ccc([C@H](C)NS(=O)(=O)c2ccc(C(=O)O)o2)cc1. The van der Waals surface area contributed by atoms with Gasteiger partial charge in [0.15, 0.2) is 0 Å². The maximum Gasteiger partial charge on any atom is 0.371 e. The first-order chi connectivity index (χ1) is 9.79. The Labute approximate surface area is 122 Å². The number of nitrogens with one attached hydrogen (secondary N) is 1. The van der Waals surface area contributed by atoms with E-state index in [-0.39, 0.29) is 0 Å². The molecule has 1 aromatic heterocycles. The van der Waals surface area contributed by atoms with Crippen LogP contribution < -0.4 is 4.72 Å². The van der Waals surface area contributed by atoms with Gasteiger partial charge in [0.2, 0.25) is 10.9 Å². The van der Waals surface area contributed by atoms with Gasteiger partial charge in [-0.1, -0.05) is 29.8 Å². The van der Waals surface area contributed by atoms with Crippen LogP contribution in [0.2, 0.25) is 0 Å². The second kappa shape index (κ2) is 5.71. The first kappa shape index (κ1) is 15.3. The minimum Gasteiger partial charge on any atom is -0.475 e. The summed E-state index contributed by atoms with van der Waals surface area (Å²) in [5, 5.41) is 8.32. The van der Waals surface area contributed by atoms with Crippen molar-refractivity contribution in [3.05, 3.63) is 53.3 Å². The highest BCUT2D eigenvalue weighted by atomic mass is 32.2. The molecule has 0 radical (unpaired) electrons. The number of hydrogen-bond acceptors (Lipinski definition) is 4. The van der Waals surface area contributed by atoms with Crippen LogP contribution in [0, 0.1) is 6.92 Å². The van der Waals surface area contributed by atoms with E-state index in [1.807, 2.05) is 31.2 Å². The molecule has 1 aromatic carbocycles. The van der Waals surface area contributed by atoms with Gasteiger partial charge < -0.3 is 9.52 Å². The van der Waals surface area contributed by atoms with Crippen molar-refractivity contribution in [2.24, 2.45) is 0 Å². The van der Waals surface area contributed by atoms with Crippen molar-refractivity contribution < 1.29 is 22.7 Å².